The number of hydrogen-bond acceptors (Lipinski definition) is 0. The fraction of sp³-hybridized carbons (Fsp3) is 0. The molecule has 0 unspecified atom stereocenters. The molecule has 0 saturated carbocycles. The number of rotatable bonds is 2. The van der Waals surface area contributed by atoms with E-state index in [1.54, 1.807) is 0 Å². The largest absolute Gasteiger partial charge is 0.505 e. The van der Waals surface area contributed by atoms with Crippen LogP contribution < -0.4 is 0 Å². The maximum Gasteiger partial charge on any atom is 0.505 e. The number of hydrogen-bond donors (Lipinski definition) is 0. The third-order valence-corrected chi connectivity index (χ3v) is 0.634. The molecule has 0 saturated heterocycles. The van der Waals surface area contributed by atoms with Gasteiger partial charge in [-0.3, -0.25) is 6.08 Å². The van der Waals surface area contributed by atoms with Crippen molar-refractivity contribution in [3.8, 4) is 0 Å². The minimum atomic E-state index is -0.0156. The number of nitrogens with zero attached hydrogens (tertiary/aromatic N) is 2. The topological polar surface area (TPSA) is 8.72 Å². The van der Waals surface area contributed by atoms with Gasteiger partial charge in [0, 0.05) is 32.7 Å². The van der Waals surface area contributed by atoms with Gasteiger partial charge >= 0.3 is 5.82 Å². The standard InChI is InChI=1S/C8H4N2.Y/c1-4-5-6-7-8(9-2)10-3;/h1,4-5,7H;/q-2;. The van der Waals surface area contributed by atoms with Gasteiger partial charge in [-0.25, -0.2) is 0 Å². The summed E-state index contributed by atoms with van der Waals surface area (Å²) in [6, 6.07) is 0. The van der Waals surface area contributed by atoms with E-state index in [4.69, 9.17) is 19.7 Å². The molecule has 0 rings (SSSR count). The molecule has 11 heavy (non-hydrogen) atoms. The van der Waals surface area contributed by atoms with Gasteiger partial charge in [-0.1, -0.05) is 0 Å². The molecule has 0 aliphatic rings. The van der Waals surface area contributed by atoms with Crippen molar-refractivity contribution in [3.05, 3.63) is 59.5 Å². The Morgan fingerprint density at radius 2 is 1.91 bits per heavy atom. The molecule has 0 bridgehead atoms. The summed E-state index contributed by atoms with van der Waals surface area (Å²) in [6.45, 7) is 17.9. The van der Waals surface area contributed by atoms with Gasteiger partial charge in [0.1, 0.15) is 13.1 Å². The van der Waals surface area contributed by atoms with E-state index in [0.29, 0.717) is 0 Å². The van der Waals surface area contributed by atoms with E-state index >= 15 is 0 Å². The van der Waals surface area contributed by atoms with Crippen molar-refractivity contribution in [1.82, 2.24) is 0 Å². The van der Waals surface area contributed by atoms with Crippen molar-refractivity contribution in [1.29, 1.82) is 0 Å². The molecule has 0 aromatic heterocycles. The van der Waals surface area contributed by atoms with Gasteiger partial charge in [0.15, 0.2) is 0 Å². The van der Waals surface area contributed by atoms with Gasteiger partial charge in [-0.15, -0.1) is 0 Å². The summed E-state index contributed by atoms with van der Waals surface area (Å²) >= 11 is 0. The Kier molecular flexibility index (Phi) is 10.9. The first kappa shape index (κ1) is 12.9. The molecule has 0 aromatic rings. The zero-order chi connectivity index (χ0) is 7.82. The van der Waals surface area contributed by atoms with Crippen LogP contribution in [0.25, 0.3) is 9.69 Å². The van der Waals surface area contributed by atoms with E-state index in [-0.39, 0.29) is 38.5 Å². The normalized spacial score (nSPS) is 7.09. The maximum absolute atomic E-state index is 6.44. The Morgan fingerprint density at radius 1 is 1.36 bits per heavy atom. The minimum absolute atomic E-state index is 0. The molecule has 1 radical (unpaired) electrons. The van der Waals surface area contributed by atoms with Crippen molar-refractivity contribution >= 4 is 0 Å². The van der Waals surface area contributed by atoms with Crippen LogP contribution in [-0.4, -0.2) is 0 Å². The molecular formula is C8H4N2Y-2. The van der Waals surface area contributed by atoms with Crippen LogP contribution in [0.4, 0.5) is 0 Å². The Morgan fingerprint density at radius 3 is 2.27 bits per heavy atom. The van der Waals surface area contributed by atoms with Crippen LogP contribution in [0.15, 0.2) is 24.0 Å². The predicted octanol–water partition coefficient (Wildman–Crippen LogP) is 2.01. The first-order chi connectivity index (χ1) is 4.85. The fourth-order valence-electron chi connectivity index (χ4n) is 0.268. The summed E-state index contributed by atoms with van der Waals surface area (Å²) in [7, 11) is 0. The monoisotopic (exact) mass is 217 g/mol. The molecule has 0 aromatic carbocycles. The molecule has 3 heteroatoms. The summed E-state index contributed by atoms with van der Waals surface area (Å²) in [4.78, 5) is 5.80. The molecule has 0 aliphatic heterocycles. The summed E-state index contributed by atoms with van der Waals surface area (Å²) in [5, 5.41) is 0. The van der Waals surface area contributed by atoms with E-state index in [0.717, 1.165) is 0 Å². The smallest absolute Gasteiger partial charge is 0.361 e. The average Bonchev–Trinajstić information content (AvgIpc) is 1.99. The third-order valence-electron chi connectivity index (χ3n) is 0.634. The van der Waals surface area contributed by atoms with Gasteiger partial charge in [0.05, 0.1) is 0 Å². The van der Waals surface area contributed by atoms with E-state index in [2.05, 4.69) is 15.8 Å². The second-order valence-corrected chi connectivity index (χ2v) is 1.25. The van der Waals surface area contributed by atoms with Crippen LogP contribution in [0.2, 0.25) is 0 Å². The zero-order valence-electron chi connectivity index (χ0n) is 5.78. The van der Waals surface area contributed by atoms with E-state index in [9.17, 15) is 0 Å². The van der Waals surface area contributed by atoms with E-state index in [1.165, 1.54) is 18.2 Å². The molecule has 2 nitrogen and oxygen atoms in total. The van der Waals surface area contributed by atoms with Crippen LogP contribution in [0, 0.1) is 25.8 Å². The van der Waals surface area contributed by atoms with Crippen LogP contribution >= 0.6 is 0 Å². The average molecular weight is 217 g/mol. The Hall–Kier alpha value is -0.696. The Balaban J connectivity index is 0. The van der Waals surface area contributed by atoms with Gasteiger partial charge in [0.25, 0.3) is 0 Å². The molecular weight excluding hydrogens is 213 g/mol. The SMILES string of the molecule is [C-]#[N+]C(=C[C-]=CC=[CH-])[N+]#[C-].[Y]. The fourth-order valence-corrected chi connectivity index (χ4v) is 0.268. The first-order valence-corrected chi connectivity index (χ1v) is 2.43. The molecule has 0 heterocycles. The van der Waals surface area contributed by atoms with Crippen LogP contribution in [0.3, 0.4) is 0 Å². The maximum atomic E-state index is 6.44. The van der Waals surface area contributed by atoms with Crippen LogP contribution in [0.5, 0.6) is 0 Å². The zero-order valence-corrected chi connectivity index (χ0v) is 8.62. The summed E-state index contributed by atoms with van der Waals surface area (Å²) in [6.07, 6.45) is 6.53. The quantitative estimate of drug-likeness (QED) is 0.494. The molecule has 0 aliphatic carbocycles. The summed E-state index contributed by atoms with van der Waals surface area (Å²) < 4.78 is 0. The van der Waals surface area contributed by atoms with Gasteiger partial charge in [0.2, 0.25) is 0 Å². The molecule has 51 valence electrons. The number of allylic oxidation sites excluding steroid dienone is 4. The molecule has 0 spiro atoms. The molecule has 0 N–H and O–H groups in total. The van der Waals surface area contributed by atoms with Crippen molar-refractivity contribution in [2.24, 2.45) is 0 Å². The van der Waals surface area contributed by atoms with Crippen molar-refractivity contribution in [3.63, 3.8) is 0 Å². The predicted molar refractivity (Wildman–Crippen MR) is 38.0 cm³/mol. The Bertz CT molecular complexity index is 234. The first-order valence-electron chi connectivity index (χ1n) is 2.43. The van der Waals surface area contributed by atoms with Crippen molar-refractivity contribution in [2.45, 2.75) is 0 Å². The second-order valence-electron chi connectivity index (χ2n) is 1.25. The summed E-state index contributed by atoms with van der Waals surface area (Å²) in [5.74, 6) is -0.0156. The van der Waals surface area contributed by atoms with Crippen molar-refractivity contribution in [2.75, 3.05) is 0 Å². The van der Waals surface area contributed by atoms with Gasteiger partial charge < -0.3 is 18.7 Å². The van der Waals surface area contributed by atoms with E-state index < -0.39 is 0 Å². The second kappa shape index (κ2) is 9.30. The molecule has 0 amide bonds. The van der Waals surface area contributed by atoms with E-state index in [1.807, 2.05) is 0 Å². The molecule has 0 fully saturated rings. The van der Waals surface area contributed by atoms with Crippen molar-refractivity contribution < 1.29 is 32.7 Å². The summed E-state index contributed by atoms with van der Waals surface area (Å²) in [5.41, 5.74) is 0. The van der Waals surface area contributed by atoms with Crippen LogP contribution in [-0.2, 0) is 32.7 Å². The third kappa shape index (κ3) is 7.20. The van der Waals surface area contributed by atoms with Gasteiger partial charge in [-0.05, 0) is 6.08 Å². The van der Waals surface area contributed by atoms with Gasteiger partial charge in [-0.2, -0.15) is 9.69 Å². The minimum Gasteiger partial charge on any atom is -0.361 e. The van der Waals surface area contributed by atoms with Crippen LogP contribution in [0.1, 0.15) is 0 Å². The molecule has 0 atom stereocenters. The Labute approximate surface area is 91.8 Å².